The lowest BCUT2D eigenvalue weighted by atomic mass is 9.93. The minimum Gasteiger partial charge on any atom is -0.365 e. The summed E-state index contributed by atoms with van der Waals surface area (Å²) in [6.07, 6.45) is 1.86. The number of hydrogen-bond acceptors (Lipinski definition) is 5. The first-order valence-corrected chi connectivity index (χ1v) is 9.51. The number of nitrogens with zero attached hydrogens (tertiary/aromatic N) is 2. The summed E-state index contributed by atoms with van der Waals surface area (Å²) in [6.45, 7) is 4.86. The molecule has 7 heteroatoms. The third-order valence-corrected chi connectivity index (χ3v) is 5.31. The second-order valence-corrected chi connectivity index (χ2v) is 7.26. The Bertz CT molecular complexity index is 936. The lowest BCUT2D eigenvalue weighted by molar-refractivity contribution is -0.142. The molecule has 2 N–H and O–H groups in total. The van der Waals surface area contributed by atoms with Crippen LogP contribution in [-0.2, 0) is 22.5 Å². The van der Waals surface area contributed by atoms with Crippen LogP contribution in [-0.4, -0.2) is 33.5 Å². The first kappa shape index (κ1) is 18.4. The number of carbonyl (C=O) groups excluding carboxylic acids is 1. The Kier molecular flexibility index (Phi) is 5.00. The van der Waals surface area contributed by atoms with E-state index in [1.807, 2.05) is 50.2 Å². The van der Waals surface area contributed by atoms with Crippen LogP contribution in [0.25, 0.3) is 11.3 Å². The van der Waals surface area contributed by atoms with E-state index in [9.17, 15) is 4.79 Å². The van der Waals surface area contributed by atoms with Gasteiger partial charge in [-0.3, -0.25) is 9.89 Å². The van der Waals surface area contributed by atoms with Crippen molar-refractivity contribution < 1.29 is 14.1 Å². The number of aromatic amines is 1. The van der Waals surface area contributed by atoms with E-state index in [4.69, 9.17) is 9.26 Å². The molecule has 0 radical (unpaired) electrons. The van der Waals surface area contributed by atoms with Gasteiger partial charge in [-0.2, -0.15) is 5.10 Å². The maximum absolute atomic E-state index is 13.0. The maximum atomic E-state index is 13.0. The molecule has 0 spiro atoms. The Morgan fingerprint density at radius 2 is 2.11 bits per heavy atom. The number of H-pyrrole nitrogens is 1. The van der Waals surface area contributed by atoms with Crippen molar-refractivity contribution in [1.29, 1.82) is 0 Å². The molecule has 1 aliphatic heterocycles. The van der Waals surface area contributed by atoms with E-state index in [0.29, 0.717) is 31.8 Å². The molecule has 0 aliphatic carbocycles. The molecular formula is C21H24N4O3. The lowest BCUT2D eigenvalue weighted by Gasteiger charge is -2.26. The van der Waals surface area contributed by atoms with Gasteiger partial charge in [-0.15, -0.1) is 0 Å². The standard InChI is InChI=1S/C21H24N4O3/c1-14-18(15(2)24-23-14)13-22-20(26)21(9-6-10-27-21)12-17-11-19(25-28-17)16-7-4-3-5-8-16/h3-5,7-8,11H,6,9-10,12-13H2,1-2H3,(H,22,26)(H,23,24). The van der Waals surface area contributed by atoms with Gasteiger partial charge in [-0.05, 0) is 26.7 Å². The van der Waals surface area contributed by atoms with Crippen molar-refractivity contribution in [2.45, 2.75) is 45.3 Å². The highest BCUT2D eigenvalue weighted by Gasteiger charge is 2.43. The molecule has 4 rings (SSSR count). The van der Waals surface area contributed by atoms with Crippen molar-refractivity contribution in [1.82, 2.24) is 20.7 Å². The van der Waals surface area contributed by atoms with Crippen LogP contribution < -0.4 is 5.32 Å². The molecular weight excluding hydrogens is 356 g/mol. The average Bonchev–Trinajstić information content (AvgIpc) is 3.44. The highest BCUT2D eigenvalue weighted by atomic mass is 16.5. The van der Waals surface area contributed by atoms with Gasteiger partial charge in [0, 0.05) is 42.5 Å². The highest BCUT2D eigenvalue weighted by molar-refractivity contribution is 5.85. The Morgan fingerprint density at radius 3 is 2.79 bits per heavy atom. The predicted octanol–water partition coefficient (Wildman–Crippen LogP) is 3.09. The van der Waals surface area contributed by atoms with Gasteiger partial charge in [0.25, 0.3) is 5.91 Å². The average molecular weight is 380 g/mol. The topological polar surface area (TPSA) is 93.0 Å². The zero-order valence-electron chi connectivity index (χ0n) is 16.1. The molecule has 1 saturated heterocycles. The third-order valence-electron chi connectivity index (χ3n) is 5.31. The van der Waals surface area contributed by atoms with E-state index in [1.165, 1.54) is 0 Å². The maximum Gasteiger partial charge on any atom is 0.253 e. The molecule has 1 unspecified atom stereocenters. The lowest BCUT2D eigenvalue weighted by Crippen LogP contribution is -2.47. The van der Waals surface area contributed by atoms with Gasteiger partial charge in [-0.1, -0.05) is 35.5 Å². The van der Waals surface area contributed by atoms with E-state index in [2.05, 4.69) is 20.7 Å². The fourth-order valence-corrected chi connectivity index (χ4v) is 3.68. The largest absolute Gasteiger partial charge is 0.365 e. The molecule has 0 saturated carbocycles. The van der Waals surface area contributed by atoms with Crippen LogP contribution in [0.5, 0.6) is 0 Å². The molecule has 1 atom stereocenters. The summed E-state index contributed by atoms with van der Waals surface area (Å²) in [7, 11) is 0. The third kappa shape index (κ3) is 3.57. The van der Waals surface area contributed by atoms with Crippen molar-refractivity contribution in [3.05, 3.63) is 59.1 Å². The Hall–Kier alpha value is -2.93. The summed E-state index contributed by atoms with van der Waals surface area (Å²) in [5.74, 6) is 0.522. The van der Waals surface area contributed by atoms with E-state index in [-0.39, 0.29) is 5.91 Å². The minimum absolute atomic E-state index is 0.123. The van der Waals surface area contributed by atoms with Gasteiger partial charge in [0.05, 0.1) is 5.69 Å². The van der Waals surface area contributed by atoms with Crippen molar-refractivity contribution in [2.24, 2.45) is 0 Å². The molecule has 1 aliphatic rings. The number of carbonyl (C=O) groups is 1. The molecule has 3 aromatic rings. The van der Waals surface area contributed by atoms with Gasteiger partial charge in [-0.25, -0.2) is 0 Å². The van der Waals surface area contributed by atoms with Crippen LogP contribution in [0.3, 0.4) is 0 Å². The van der Waals surface area contributed by atoms with Crippen LogP contribution in [0.15, 0.2) is 40.9 Å². The fraction of sp³-hybridized carbons (Fsp3) is 0.381. The molecule has 28 heavy (non-hydrogen) atoms. The summed E-state index contributed by atoms with van der Waals surface area (Å²) in [5.41, 5.74) is 3.68. The quantitative estimate of drug-likeness (QED) is 0.685. The van der Waals surface area contributed by atoms with E-state index < -0.39 is 5.60 Å². The Labute approximate surface area is 163 Å². The number of aryl methyl sites for hydroxylation is 2. The highest BCUT2D eigenvalue weighted by Crippen LogP contribution is 2.31. The fourth-order valence-electron chi connectivity index (χ4n) is 3.68. The van der Waals surface area contributed by atoms with Crippen molar-refractivity contribution in [3.8, 4) is 11.3 Å². The first-order chi connectivity index (χ1) is 13.6. The Morgan fingerprint density at radius 1 is 1.29 bits per heavy atom. The number of aromatic nitrogens is 3. The molecule has 7 nitrogen and oxygen atoms in total. The van der Waals surface area contributed by atoms with Crippen LogP contribution in [0, 0.1) is 13.8 Å². The molecule has 146 valence electrons. The van der Waals surface area contributed by atoms with E-state index in [1.54, 1.807) is 0 Å². The van der Waals surface area contributed by atoms with Gasteiger partial charge >= 0.3 is 0 Å². The van der Waals surface area contributed by atoms with Gasteiger partial charge in [0.2, 0.25) is 0 Å². The van der Waals surface area contributed by atoms with Crippen molar-refractivity contribution in [3.63, 3.8) is 0 Å². The normalized spacial score (nSPS) is 19.1. The number of ether oxygens (including phenoxy) is 1. The second kappa shape index (κ2) is 7.59. The second-order valence-electron chi connectivity index (χ2n) is 7.26. The first-order valence-electron chi connectivity index (χ1n) is 9.51. The smallest absolute Gasteiger partial charge is 0.253 e. The molecule has 2 aromatic heterocycles. The molecule has 3 heterocycles. The Balaban J connectivity index is 1.49. The summed E-state index contributed by atoms with van der Waals surface area (Å²) < 4.78 is 11.4. The number of hydrogen-bond donors (Lipinski definition) is 2. The molecule has 1 amide bonds. The number of rotatable bonds is 6. The number of benzene rings is 1. The summed E-state index contributed by atoms with van der Waals surface area (Å²) in [6, 6.07) is 11.7. The zero-order chi connectivity index (χ0) is 19.6. The molecule has 1 aromatic carbocycles. The summed E-state index contributed by atoms with van der Waals surface area (Å²) >= 11 is 0. The SMILES string of the molecule is Cc1n[nH]c(C)c1CNC(=O)C1(Cc2cc(-c3ccccc3)no2)CCCO1. The van der Waals surface area contributed by atoms with Crippen LogP contribution in [0.4, 0.5) is 0 Å². The van der Waals surface area contributed by atoms with Gasteiger partial charge in [0.15, 0.2) is 5.60 Å². The number of nitrogens with one attached hydrogen (secondary N) is 2. The van der Waals surface area contributed by atoms with Crippen LogP contribution in [0.1, 0.15) is 35.6 Å². The number of amides is 1. The van der Waals surface area contributed by atoms with E-state index >= 15 is 0 Å². The molecule has 1 fully saturated rings. The van der Waals surface area contributed by atoms with Gasteiger partial charge < -0.3 is 14.6 Å². The van der Waals surface area contributed by atoms with E-state index in [0.717, 1.165) is 34.6 Å². The van der Waals surface area contributed by atoms with Crippen LogP contribution >= 0.6 is 0 Å². The minimum atomic E-state index is -0.918. The molecule has 0 bridgehead atoms. The van der Waals surface area contributed by atoms with Crippen LogP contribution in [0.2, 0.25) is 0 Å². The van der Waals surface area contributed by atoms with Crippen molar-refractivity contribution >= 4 is 5.91 Å². The summed E-state index contributed by atoms with van der Waals surface area (Å²) in [5, 5.41) is 14.3. The zero-order valence-corrected chi connectivity index (χ0v) is 16.1. The van der Waals surface area contributed by atoms with Crippen molar-refractivity contribution in [2.75, 3.05) is 6.61 Å². The monoisotopic (exact) mass is 380 g/mol. The summed E-state index contributed by atoms with van der Waals surface area (Å²) in [4.78, 5) is 13.0. The van der Waals surface area contributed by atoms with Gasteiger partial charge in [0.1, 0.15) is 11.5 Å². The predicted molar refractivity (Wildman–Crippen MR) is 103 cm³/mol.